The van der Waals surface area contributed by atoms with Crippen molar-refractivity contribution in [1.29, 1.82) is 0 Å². The van der Waals surface area contributed by atoms with Crippen molar-refractivity contribution in [2.75, 3.05) is 12.3 Å². The van der Waals surface area contributed by atoms with Crippen LogP contribution in [-0.4, -0.2) is 30.8 Å². The zero-order valence-electron chi connectivity index (χ0n) is 15.6. The van der Waals surface area contributed by atoms with Gasteiger partial charge in [-0.1, -0.05) is 48.5 Å². The van der Waals surface area contributed by atoms with E-state index >= 15 is 0 Å². The first-order chi connectivity index (χ1) is 9.52. The molecule has 2 N–H and O–H groups in total. The monoisotopic (exact) mass is 333 g/mol. The predicted molar refractivity (Wildman–Crippen MR) is 92.6 cm³/mol. The minimum Gasteiger partial charge on any atom is -0.310 e. The van der Waals surface area contributed by atoms with Gasteiger partial charge in [-0.2, -0.15) is 8.42 Å². The summed E-state index contributed by atoms with van der Waals surface area (Å²) in [5, 5.41) is 3.49. The average Bonchev–Trinajstić information content (AvgIpc) is 2.72. The summed E-state index contributed by atoms with van der Waals surface area (Å²) in [6.07, 6.45) is 2.27. The van der Waals surface area contributed by atoms with Crippen LogP contribution >= 0.6 is 0 Å². The molecular formula is C17H35NO3S. The second-order valence-electron chi connectivity index (χ2n) is 9.73. The largest absolute Gasteiger partial charge is 0.310 e. The molecule has 4 nitrogen and oxygen atoms in total. The van der Waals surface area contributed by atoms with Gasteiger partial charge in [-0.3, -0.25) is 4.55 Å². The van der Waals surface area contributed by atoms with Crippen LogP contribution in [0.5, 0.6) is 0 Å². The van der Waals surface area contributed by atoms with Crippen molar-refractivity contribution in [3.8, 4) is 0 Å². The van der Waals surface area contributed by atoms with Gasteiger partial charge in [-0.05, 0) is 41.9 Å². The van der Waals surface area contributed by atoms with Crippen molar-refractivity contribution < 1.29 is 13.0 Å². The molecule has 1 aliphatic carbocycles. The van der Waals surface area contributed by atoms with Crippen LogP contribution in [0.4, 0.5) is 0 Å². The van der Waals surface area contributed by atoms with E-state index in [1.54, 1.807) is 0 Å². The van der Waals surface area contributed by atoms with E-state index in [2.05, 4.69) is 39.9 Å². The van der Waals surface area contributed by atoms with Gasteiger partial charge in [0.25, 0.3) is 10.1 Å². The molecule has 2 unspecified atom stereocenters. The average molecular weight is 334 g/mol. The van der Waals surface area contributed by atoms with Crippen molar-refractivity contribution in [1.82, 2.24) is 5.32 Å². The minimum absolute atomic E-state index is 0.114. The van der Waals surface area contributed by atoms with Gasteiger partial charge in [0.1, 0.15) is 0 Å². The second-order valence-corrected chi connectivity index (χ2v) is 11.2. The maximum absolute atomic E-state index is 11.4. The maximum Gasteiger partial charge on any atom is 0.266 e. The number of hydrogen-bond donors (Lipinski definition) is 2. The predicted octanol–water partition coefficient (Wildman–Crippen LogP) is 3.73. The van der Waals surface area contributed by atoms with Gasteiger partial charge >= 0.3 is 0 Å². The van der Waals surface area contributed by atoms with E-state index in [9.17, 15) is 13.0 Å². The molecule has 2 atom stereocenters. The van der Waals surface area contributed by atoms with E-state index in [0.29, 0.717) is 0 Å². The lowest BCUT2D eigenvalue weighted by Crippen LogP contribution is -2.54. The topological polar surface area (TPSA) is 66.4 Å². The van der Waals surface area contributed by atoms with Gasteiger partial charge in [-0.25, -0.2) is 0 Å². The zero-order chi connectivity index (χ0) is 17.6. The Hall–Kier alpha value is -0.130. The van der Waals surface area contributed by atoms with Gasteiger partial charge in [-0.15, -0.1) is 0 Å². The summed E-state index contributed by atoms with van der Waals surface area (Å²) in [7, 11) is -4.00. The quantitative estimate of drug-likeness (QED) is 0.697. The Morgan fingerprint density at radius 3 is 1.91 bits per heavy atom. The number of nitrogens with one attached hydrogen (secondary N) is 1. The minimum atomic E-state index is -4.00. The molecule has 0 bridgehead atoms. The van der Waals surface area contributed by atoms with Crippen LogP contribution in [0.1, 0.15) is 68.2 Å². The normalized spacial score (nSPS) is 27.7. The molecule has 1 saturated carbocycles. The van der Waals surface area contributed by atoms with E-state index in [1.807, 2.05) is 20.8 Å². The highest BCUT2D eigenvalue weighted by atomic mass is 32.2. The lowest BCUT2D eigenvalue weighted by molar-refractivity contribution is 0.192. The van der Waals surface area contributed by atoms with Gasteiger partial charge in [0, 0.05) is 12.1 Å². The first kappa shape index (κ1) is 19.9. The Morgan fingerprint density at radius 2 is 1.64 bits per heavy atom. The summed E-state index contributed by atoms with van der Waals surface area (Å²) in [5.74, 6) is -0.132. The smallest absolute Gasteiger partial charge is 0.266 e. The Labute approximate surface area is 137 Å². The van der Waals surface area contributed by atoms with Gasteiger partial charge in [0.05, 0.1) is 5.75 Å². The van der Waals surface area contributed by atoms with Crippen molar-refractivity contribution in [3.05, 3.63) is 0 Å². The zero-order valence-corrected chi connectivity index (χ0v) is 16.4. The van der Waals surface area contributed by atoms with Crippen LogP contribution < -0.4 is 5.32 Å². The second kappa shape index (κ2) is 5.75. The van der Waals surface area contributed by atoms with E-state index in [4.69, 9.17) is 0 Å². The van der Waals surface area contributed by atoms with Gasteiger partial charge in [0.15, 0.2) is 0 Å². The SMILES string of the molecule is CC(C)C(C)(CS(=O)(=O)O)NCC1(CC(C)(C)C)CC1(C)C. The fourth-order valence-corrected chi connectivity index (χ4v) is 4.85. The number of hydrogen-bond acceptors (Lipinski definition) is 3. The first-order valence-corrected chi connectivity index (χ1v) is 9.83. The molecule has 0 radical (unpaired) electrons. The van der Waals surface area contributed by atoms with Crippen LogP contribution in [-0.2, 0) is 10.1 Å². The molecule has 0 aromatic carbocycles. The van der Waals surface area contributed by atoms with Crippen molar-refractivity contribution in [2.45, 2.75) is 73.8 Å². The molecule has 0 aliphatic heterocycles. The molecule has 0 heterocycles. The van der Waals surface area contributed by atoms with Crippen LogP contribution in [0.25, 0.3) is 0 Å². The Bertz CT molecular complexity index is 504. The van der Waals surface area contributed by atoms with Gasteiger partial charge < -0.3 is 5.32 Å². The van der Waals surface area contributed by atoms with E-state index in [0.717, 1.165) is 19.4 Å². The van der Waals surface area contributed by atoms with Gasteiger partial charge in [0.2, 0.25) is 0 Å². The van der Waals surface area contributed by atoms with E-state index in [1.165, 1.54) is 0 Å². The Morgan fingerprint density at radius 1 is 1.18 bits per heavy atom. The molecular weight excluding hydrogens is 298 g/mol. The molecule has 0 amide bonds. The molecule has 0 aromatic heterocycles. The third-order valence-electron chi connectivity index (χ3n) is 5.55. The van der Waals surface area contributed by atoms with E-state index in [-0.39, 0.29) is 27.9 Å². The fourth-order valence-electron chi connectivity index (χ4n) is 3.65. The molecule has 0 saturated heterocycles. The molecule has 0 aromatic rings. The lowest BCUT2D eigenvalue weighted by atomic mass is 9.78. The van der Waals surface area contributed by atoms with Crippen molar-refractivity contribution in [3.63, 3.8) is 0 Å². The third kappa shape index (κ3) is 4.93. The molecule has 0 spiro atoms. The third-order valence-corrected chi connectivity index (χ3v) is 6.51. The highest BCUT2D eigenvalue weighted by Gasteiger charge is 2.61. The van der Waals surface area contributed by atoms with Crippen LogP contribution in [0.15, 0.2) is 0 Å². The highest BCUT2D eigenvalue weighted by Crippen LogP contribution is 2.67. The number of rotatable bonds is 7. The fraction of sp³-hybridized carbons (Fsp3) is 1.00. The molecule has 1 fully saturated rings. The summed E-state index contributed by atoms with van der Waals surface area (Å²) in [6, 6.07) is 0. The molecule has 5 heteroatoms. The molecule has 132 valence electrons. The molecule has 1 aliphatic rings. The highest BCUT2D eigenvalue weighted by molar-refractivity contribution is 7.85. The summed E-state index contributed by atoms with van der Waals surface area (Å²) in [4.78, 5) is 0. The Balaban J connectivity index is 2.88. The summed E-state index contributed by atoms with van der Waals surface area (Å²) >= 11 is 0. The van der Waals surface area contributed by atoms with Crippen LogP contribution in [0.3, 0.4) is 0 Å². The van der Waals surface area contributed by atoms with E-state index < -0.39 is 15.7 Å². The molecule has 22 heavy (non-hydrogen) atoms. The lowest BCUT2D eigenvalue weighted by Gasteiger charge is -2.38. The van der Waals surface area contributed by atoms with Crippen molar-refractivity contribution in [2.24, 2.45) is 22.2 Å². The first-order valence-electron chi connectivity index (χ1n) is 8.22. The standard InChI is InChI=1S/C17H35NO3S/c1-13(2)16(8,12-22(19,20)21)18-11-17(9-14(3,4)5)10-15(17,6)7/h13,18H,9-12H2,1-8H3,(H,19,20,21). The summed E-state index contributed by atoms with van der Waals surface area (Å²) < 4.78 is 32.0. The maximum atomic E-state index is 11.4. The van der Waals surface area contributed by atoms with Crippen LogP contribution in [0, 0.1) is 22.2 Å². The summed E-state index contributed by atoms with van der Waals surface area (Å²) in [6.45, 7) is 18.0. The Kier molecular flexibility index (Phi) is 5.20. The summed E-state index contributed by atoms with van der Waals surface area (Å²) in [5.41, 5.74) is 0.119. The van der Waals surface area contributed by atoms with Crippen LogP contribution in [0.2, 0.25) is 0 Å². The van der Waals surface area contributed by atoms with Crippen molar-refractivity contribution >= 4 is 10.1 Å². The molecule has 1 rings (SSSR count).